The summed E-state index contributed by atoms with van der Waals surface area (Å²) in [7, 11) is 0. The molecule has 0 saturated heterocycles. The molecule has 0 fully saturated rings. The number of hydrogen-bond acceptors (Lipinski definition) is 2. The lowest BCUT2D eigenvalue weighted by Gasteiger charge is -1.81. The Morgan fingerprint density at radius 2 is 2.08 bits per heavy atom. The van der Waals surface area contributed by atoms with Crippen molar-refractivity contribution < 1.29 is 4.42 Å². The average molecular weight is 163 g/mol. The van der Waals surface area contributed by atoms with Gasteiger partial charge < -0.3 is 4.42 Å². The van der Waals surface area contributed by atoms with Gasteiger partial charge in [-0.25, -0.2) is 0 Å². The van der Waals surface area contributed by atoms with Crippen LogP contribution in [0.4, 0.5) is 0 Å². The van der Waals surface area contributed by atoms with Crippen molar-refractivity contribution in [1.29, 1.82) is 0 Å². The Balaban J connectivity index is 0.000000336. The summed E-state index contributed by atoms with van der Waals surface area (Å²) in [5.41, 5.74) is 1.79. The van der Waals surface area contributed by atoms with Gasteiger partial charge in [0.25, 0.3) is 0 Å². The maximum atomic E-state index is 5.31. The Bertz CT molecular complexity index is 318. The second-order valence-corrected chi connectivity index (χ2v) is 2.24. The van der Waals surface area contributed by atoms with Crippen LogP contribution < -0.4 is 0 Å². The van der Waals surface area contributed by atoms with Crippen molar-refractivity contribution in [3.05, 3.63) is 30.2 Å². The number of fused-ring (bicyclic) bond motifs is 1. The minimum absolute atomic E-state index is 0.861. The zero-order valence-corrected chi connectivity index (χ0v) is 7.66. The van der Waals surface area contributed by atoms with Crippen molar-refractivity contribution in [2.24, 2.45) is 0 Å². The lowest BCUT2D eigenvalue weighted by Crippen LogP contribution is -1.66. The summed E-state index contributed by atoms with van der Waals surface area (Å²) in [6.45, 7) is 5.92. The van der Waals surface area contributed by atoms with Crippen LogP contribution in [0.1, 0.15) is 19.6 Å². The maximum absolute atomic E-state index is 5.31. The largest absolute Gasteiger partial charge is 0.460 e. The molecular weight excluding hydrogens is 150 g/mol. The molecule has 2 heteroatoms. The molecule has 0 spiro atoms. The fourth-order valence-electron chi connectivity index (χ4n) is 0.993. The lowest BCUT2D eigenvalue weighted by molar-refractivity contribution is 0.578. The summed E-state index contributed by atoms with van der Waals surface area (Å²) >= 11 is 0. The van der Waals surface area contributed by atoms with Gasteiger partial charge in [0.2, 0.25) is 0 Å². The van der Waals surface area contributed by atoms with Crippen molar-refractivity contribution in [3.63, 3.8) is 0 Å². The predicted molar refractivity (Wildman–Crippen MR) is 50.1 cm³/mol. The standard InChI is InChI=1S/C8H7NO.C2H6/c1-6-5-7-8(10-6)3-2-4-9-7;1-2/h2-5H,1H3;1-2H3. The van der Waals surface area contributed by atoms with Gasteiger partial charge >= 0.3 is 0 Å². The molecule has 0 radical (unpaired) electrons. The first-order valence-electron chi connectivity index (χ1n) is 4.17. The first kappa shape index (κ1) is 8.78. The van der Waals surface area contributed by atoms with Crippen molar-refractivity contribution in [2.45, 2.75) is 20.8 Å². The second-order valence-electron chi connectivity index (χ2n) is 2.24. The first-order valence-corrected chi connectivity index (χ1v) is 4.17. The molecule has 0 aromatic carbocycles. The first-order chi connectivity index (χ1) is 5.86. The van der Waals surface area contributed by atoms with Gasteiger partial charge in [-0.3, -0.25) is 4.98 Å². The number of aryl methyl sites for hydroxylation is 1. The Morgan fingerprint density at radius 3 is 2.75 bits per heavy atom. The number of hydrogen-bond donors (Lipinski definition) is 0. The third-order valence-electron chi connectivity index (χ3n) is 1.41. The van der Waals surface area contributed by atoms with Crippen LogP contribution in [0.2, 0.25) is 0 Å². The molecule has 0 saturated carbocycles. The number of furan rings is 1. The molecule has 0 unspecified atom stereocenters. The van der Waals surface area contributed by atoms with Crippen LogP contribution in [0, 0.1) is 6.92 Å². The van der Waals surface area contributed by atoms with Crippen molar-refractivity contribution in [2.75, 3.05) is 0 Å². The number of rotatable bonds is 0. The van der Waals surface area contributed by atoms with Gasteiger partial charge in [-0.05, 0) is 19.1 Å². The van der Waals surface area contributed by atoms with Crippen LogP contribution in [-0.2, 0) is 0 Å². The zero-order chi connectivity index (χ0) is 8.97. The second kappa shape index (κ2) is 3.90. The summed E-state index contributed by atoms with van der Waals surface area (Å²) in [6.07, 6.45) is 1.76. The van der Waals surface area contributed by atoms with Gasteiger partial charge in [0, 0.05) is 12.3 Å². The van der Waals surface area contributed by atoms with E-state index in [0.717, 1.165) is 16.9 Å². The highest BCUT2D eigenvalue weighted by Gasteiger charge is 1.96. The summed E-state index contributed by atoms with van der Waals surface area (Å²) in [4.78, 5) is 4.11. The average Bonchev–Trinajstić information content (AvgIpc) is 2.48. The van der Waals surface area contributed by atoms with Gasteiger partial charge in [0.15, 0.2) is 5.58 Å². The maximum Gasteiger partial charge on any atom is 0.152 e. The molecule has 0 aliphatic heterocycles. The molecule has 0 aliphatic rings. The fourth-order valence-corrected chi connectivity index (χ4v) is 0.993. The van der Waals surface area contributed by atoms with E-state index in [1.165, 1.54) is 0 Å². The molecule has 2 rings (SSSR count). The van der Waals surface area contributed by atoms with E-state index < -0.39 is 0 Å². The normalized spacial score (nSPS) is 9.25. The van der Waals surface area contributed by atoms with Crippen molar-refractivity contribution in [3.8, 4) is 0 Å². The molecule has 2 aromatic heterocycles. The van der Waals surface area contributed by atoms with Gasteiger partial charge in [-0.2, -0.15) is 0 Å². The predicted octanol–water partition coefficient (Wildman–Crippen LogP) is 3.16. The van der Waals surface area contributed by atoms with Gasteiger partial charge in [-0.15, -0.1) is 0 Å². The van der Waals surface area contributed by atoms with Crippen LogP contribution in [0.3, 0.4) is 0 Å². The Kier molecular flexibility index (Phi) is 2.86. The van der Waals surface area contributed by atoms with Gasteiger partial charge in [0.05, 0.1) is 0 Å². The number of aromatic nitrogens is 1. The van der Waals surface area contributed by atoms with E-state index in [1.807, 2.05) is 39.0 Å². The molecule has 0 N–H and O–H groups in total. The third-order valence-corrected chi connectivity index (χ3v) is 1.41. The Morgan fingerprint density at radius 1 is 1.33 bits per heavy atom. The smallest absolute Gasteiger partial charge is 0.152 e. The highest BCUT2D eigenvalue weighted by atomic mass is 16.3. The van der Waals surface area contributed by atoms with Crippen LogP contribution in [0.25, 0.3) is 11.1 Å². The van der Waals surface area contributed by atoms with Crippen LogP contribution in [0.5, 0.6) is 0 Å². The van der Waals surface area contributed by atoms with Crippen LogP contribution in [0.15, 0.2) is 28.8 Å². The van der Waals surface area contributed by atoms with Gasteiger partial charge in [-0.1, -0.05) is 13.8 Å². The molecule has 64 valence electrons. The number of nitrogens with zero attached hydrogens (tertiary/aromatic N) is 1. The van der Waals surface area contributed by atoms with E-state index in [-0.39, 0.29) is 0 Å². The van der Waals surface area contributed by atoms with E-state index >= 15 is 0 Å². The Labute approximate surface area is 72.2 Å². The molecular formula is C10H13NO. The minimum Gasteiger partial charge on any atom is -0.460 e. The fraction of sp³-hybridized carbons (Fsp3) is 0.300. The summed E-state index contributed by atoms with van der Waals surface area (Å²) in [6, 6.07) is 5.70. The highest BCUT2D eigenvalue weighted by molar-refractivity contribution is 5.72. The molecule has 2 heterocycles. The zero-order valence-electron chi connectivity index (χ0n) is 7.66. The summed E-state index contributed by atoms with van der Waals surface area (Å²) < 4.78 is 5.31. The van der Waals surface area contributed by atoms with Crippen molar-refractivity contribution in [1.82, 2.24) is 4.98 Å². The van der Waals surface area contributed by atoms with Crippen LogP contribution in [-0.4, -0.2) is 4.98 Å². The molecule has 0 aliphatic carbocycles. The minimum atomic E-state index is 0.861. The van der Waals surface area contributed by atoms with E-state index in [1.54, 1.807) is 6.20 Å². The van der Waals surface area contributed by atoms with E-state index in [4.69, 9.17) is 4.42 Å². The van der Waals surface area contributed by atoms with E-state index in [2.05, 4.69) is 4.98 Å². The monoisotopic (exact) mass is 163 g/mol. The van der Waals surface area contributed by atoms with E-state index in [0.29, 0.717) is 0 Å². The summed E-state index contributed by atoms with van der Waals surface area (Å²) in [5.74, 6) is 0.911. The molecule has 0 atom stereocenters. The molecule has 12 heavy (non-hydrogen) atoms. The molecule has 2 nitrogen and oxygen atoms in total. The highest BCUT2D eigenvalue weighted by Crippen LogP contribution is 2.14. The number of pyridine rings is 1. The third kappa shape index (κ3) is 1.64. The molecule has 0 bridgehead atoms. The Hall–Kier alpha value is -1.31. The van der Waals surface area contributed by atoms with Crippen LogP contribution >= 0.6 is 0 Å². The molecule has 0 amide bonds. The quantitative estimate of drug-likeness (QED) is 0.596. The van der Waals surface area contributed by atoms with E-state index in [9.17, 15) is 0 Å². The molecule has 2 aromatic rings. The lowest BCUT2D eigenvalue weighted by atomic mass is 10.4. The van der Waals surface area contributed by atoms with Crippen molar-refractivity contribution >= 4 is 11.1 Å². The topological polar surface area (TPSA) is 26.0 Å². The SMILES string of the molecule is CC.Cc1cc2ncccc2o1. The summed E-state index contributed by atoms with van der Waals surface area (Å²) in [5, 5.41) is 0. The van der Waals surface area contributed by atoms with Gasteiger partial charge in [0.1, 0.15) is 11.3 Å².